The second-order valence-electron chi connectivity index (χ2n) is 8.14. The maximum atomic E-state index is 13.4. The van der Waals surface area contributed by atoms with Crippen LogP contribution in [-0.2, 0) is 11.3 Å². The van der Waals surface area contributed by atoms with Gasteiger partial charge in [0.2, 0.25) is 0 Å². The molecule has 0 unspecified atom stereocenters. The highest BCUT2D eigenvalue weighted by Gasteiger charge is 2.25. The molecule has 0 aliphatic carbocycles. The zero-order valence-electron chi connectivity index (χ0n) is 18.6. The van der Waals surface area contributed by atoms with Gasteiger partial charge in [0.25, 0.3) is 5.91 Å². The van der Waals surface area contributed by atoms with Gasteiger partial charge < -0.3 is 9.88 Å². The molecule has 34 heavy (non-hydrogen) atoms. The first-order chi connectivity index (χ1) is 16.4. The van der Waals surface area contributed by atoms with Crippen LogP contribution in [0.3, 0.4) is 0 Å². The average Bonchev–Trinajstić information content (AvgIpc) is 3.29. The van der Waals surface area contributed by atoms with E-state index in [2.05, 4.69) is 27.0 Å². The van der Waals surface area contributed by atoms with Crippen molar-refractivity contribution in [1.82, 2.24) is 9.88 Å². The molecule has 1 aromatic heterocycles. The summed E-state index contributed by atoms with van der Waals surface area (Å²) >= 11 is 7.52. The number of halogens is 2. The number of hydrogen-bond donors (Lipinski definition) is 1. The van der Waals surface area contributed by atoms with Gasteiger partial charge in [-0.05, 0) is 73.1 Å². The Morgan fingerprint density at radius 3 is 2.62 bits per heavy atom. The van der Waals surface area contributed by atoms with Crippen molar-refractivity contribution in [1.29, 1.82) is 0 Å². The summed E-state index contributed by atoms with van der Waals surface area (Å²) in [7, 11) is 0. The summed E-state index contributed by atoms with van der Waals surface area (Å²) in [5, 5.41) is 5.05. The van der Waals surface area contributed by atoms with E-state index >= 15 is 0 Å². The van der Waals surface area contributed by atoms with Crippen LogP contribution in [0.1, 0.15) is 22.4 Å². The van der Waals surface area contributed by atoms with E-state index in [0.717, 1.165) is 33.3 Å². The Morgan fingerprint density at radius 1 is 1.09 bits per heavy atom. The van der Waals surface area contributed by atoms with Crippen molar-refractivity contribution in [2.45, 2.75) is 20.4 Å². The fourth-order valence-corrected chi connectivity index (χ4v) is 4.99. The molecular formula is C27H21ClFN3OS. The predicted molar refractivity (Wildman–Crippen MR) is 139 cm³/mol. The molecular weight excluding hydrogens is 469 g/mol. The number of aromatic nitrogens is 1. The molecule has 0 spiro atoms. The Morgan fingerprint density at radius 2 is 1.85 bits per heavy atom. The van der Waals surface area contributed by atoms with Crippen LogP contribution in [0.25, 0.3) is 17.0 Å². The van der Waals surface area contributed by atoms with Crippen molar-refractivity contribution in [3.8, 4) is 0 Å². The average molecular weight is 490 g/mol. The van der Waals surface area contributed by atoms with Gasteiger partial charge in [-0.25, -0.2) is 9.38 Å². The second-order valence-corrected chi connectivity index (χ2v) is 9.58. The van der Waals surface area contributed by atoms with Gasteiger partial charge in [-0.3, -0.25) is 4.79 Å². The Balaban J connectivity index is 1.50. The van der Waals surface area contributed by atoms with E-state index in [-0.39, 0.29) is 11.7 Å². The van der Waals surface area contributed by atoms with Crippen LogP contribution in [0.2, 0.25) is 5.02 Å². The third kappa shape index (κ3) is 4.39. The van der Waals surface area contributed by atoms with Gasteiger partial charge in [0, 0.05) is 33.7 Å². The Kier molecular flexibility index (Phi) is 6.02. The van der Waals surface area contributed by atoms with Crippen LogP contribution in [0.4, 0.5) is 10.1 Å². The monoisotopic (exact) mass is 489 g/mol. The molecule has 7 heteroatoms. The lowest BCUT2D eigenvalue weighted by Gasteiger charge is -2.09. The van der Waals surface area contributed by atoms with E-state index in [1.165, 1.54) is 23.9 Å². The molecule has 2 heterocycles. The third-order valence-electron chi connectivity index (χ3n) is 5.85. The van der Waals surface area contributed by atoms with Crippen LogP contribution in [0.5, 0.6) is 0 Å². The molecule has 1 fully saturated rings. The van der Waals surface area contributed by atoms with Gasteiger partial charge in [-0.2, -0.15) is 0 Å². The van der Waals surface area contributed by atoms with Gasteiger partial charge in [0.1, 0.15) is 5.82 Å². The Labute approximate surface area is 206 Å². The SMILES string of the molecule is Cc1ccc(N=C2NC(=O)/C(=C/c3c(C)n(Cc4ccc(F)cc4)c4ccccc34)S2)cc1Cl. The fourth-order valence-electron chi connectivity index (χ4n) is 4.00. The van der Waals surface area contributed by atoms with Crippen LogP contribution in [0, 0.1) is 19.7 Å². The number of aryl methyl sites for hydroxylation is 1. The number of carbonyl (C=O) groups is 1. The van der Waals surface area contributed by atoms with Gasteiger partial charge >= 0.3 is 0 Å². The third-order valence-corrected chi connectivity index (χ3v) is 7.16. The van der Waals surface area contributed by atoms with E-state index < -0.39 is 0 Å². The summed E-state index contributed by atoms with van der Waals surface area (Å²) in [6.45, 7) is 4.58. The number of benzene rings is 3. The Hall–Kier alpha value is -3.35. The molecule has 0 radical (unpaired) electrons. The molecule has 0 atom stereocenters. The quantitative estimate of drug-likeness (QED) is 0.314. The first kappa shape index (κ1) is 22.4. The Bertz CT molecular complexity index is 1490. The number of nitrogens with one attached hydrogen (secondary N) is 1. The number of thioether (sulfide) groups is 1. The summed E-state index contributed by atoms with van der Waals surface area (Å²) in [6, 6.07) is 20.2. The van der Waals surface area contributed by atoms with E-state index in [0.29, 0.717) is 27.3 Å². The number of amidine groups is 1. The zero-order valence-corrected chi connectivity index (χ0v) is 20.2. The molecule has 4 nitrogen and oxygen atoms in total. The van der Waals surface area contributed by atoms with E-state index in [9.17, 15) is 9.18 Å². The zero-order chi connectivity index (χ0) is 23.8. The van der Waals surface area contributed by atoms with Crippen LogP contribution in [-0.4, -0.2) is 15.6 Å². The van der Waals surface area contributed by atoms with Crippen molar-refractivity contribution in [3.05, 3.63) is 105 Å². The standard InChI is InChI=1S/C27H21ClFN3OS/c1-16-7-12-20(13-23(16)28)30-27-31-26(33)25(34-27)14-22-17(2)32(24-6-4-3-5-21(22)24)15-18-8-10-19(29)11-9-18/h3-14H,15H2,1-2H3,(H,30,31,33)/b25-14-. The number of para-hydroxylation sites is 1. The van der Waals surface area contributed by atoms with E-state index in [1.54, 1.807) is 18.2 Å². The number of aliphatic imine (C=N–C) groups is 1. The predicted octanol–water partition coefficient (Wildman–Crippen LogP) is 6.99. The number of carbonyl (C=O) groups excluding carboxylic acids is 1. The molecule has 0 saturated carbocycles. The van der Waals surface area contributed by atoms with Gasteiger partial charge in [-0.1, -0.05) is 48.0 Å². The highest BCUT2D eigenvalue weighted by Crippen LogP contribution is 2.34. The normalized spacial score (nSPS) is 16.1. The molecule has 1 amide bonds. The first-order valence-electron chi connectivity index (χ1n) is 10.8. The highest BCUT2D eigenvalue weighted by atomic mass is 35.5. The topological polar surface area (TPSA) is 46.4 Å². The number of amides is 1. The molecule has 1 saturated heterocycles. The van der Waals surface area contributed by atoms with Gasteiger partial charge in [-0.15, -0.1) is 0 Å². The lowest BCUT2D eigenvalue weighted by molar-refractivity contribution is -0.115. The van der Waals surface area contributed by atoms with Crippen molar-refractivity contribution in [2.75, 3.05) is 0 Å². The maximum absolute atomic E-state index is 13.4. The van der Waals surface area contributed by atoms with Crippen molar-refractivity contribution >= 4 is 57.1 Å². The highest BCUT2D eigenvalue weighted by molar-refractivity contribution is 8.18. The maximum Gasteiger partial charge on any atom is 0.264 e. The number of hydrogen-bond acceptors (Lipinski definition) is 3. The smallest absolute Gasteiger partial charge is 0.264 e. The minimum absolute atomic E-state index is 0.184. The van der Waals surface area contributed by atoms with Gasteiger partial charge in [0.05, 0.1) is 10.6 Å². The molecule has 4 aromatic rings. The molecule has 1 aliphatic rings. The lowest BCUT2D eigenvalue weighted by Crippen LogP contribution is -2.19. The van der Waals surface area contributed by atoms with Crippen LogP contribution in [0.15, 0.2) is 76.6 Å². The minimum Gasteiger partial charge on any atom is -0.340 e. The molecule has 1 N–H and O–H groups in total. The molecule has 3 aromatic carbocycles. The first-order valence-corrected chi connectivity index (χ1v) is 12.0. The van der Waals surface area contributed by atoms with Crippen molar-refractivity contribution in [3.63, 3.8) is 0 Å². The summed E-state index contributed by atoms with van der Waals surface area (Å²) < 4.78 is 15.6. The van der Waals surface area contributed by atoms with E-state index in [1.807, 2.05) is 44.2 Å². The summed E-state index contributed by atoms with van der Waals surface area (Å²) in [6.07, 6.45) is 1.92. The molecule has 1 aliphatic heterocycles. The van der Waals surface area contributed by atoms with Crippen LogP contribution < -0.4 is 5.32 Å². The number of nitrogens with zero attached hydrogens (tertiary/aromatic N) is 2. The molecule has 170 valence electrons. The van der Waals surface area contributed by atoms with Gasteiger partial charge in [0.15, 0.2) is 5.17 Å². The number of fused-ring (bicyclic) bond motifs is 1. The summed E-state index contributed by atoms with van der Waals surface area (Å²) in [5.74, 6) is -0.436. The van der Waals surface area contributed by atoms with E-state index in [4.69, 9.17) is 11.6 Å². The lowest BCUT2D eigenvalue weighted by atomic mass is 10.1. The number of rotatable bonds is 4. The second kappa shape index (κ2) is 9.12. The fraction of sp³-hybridized carbons (Fsp3) is 0.111. The largest absolute Gasteiger partial charge is 0.340 e. The summed E-state index contributed by atoms with van der Waals surface area (Å²) in [5.41, 5.74) is 5.73. The molecule has 5 rings (SSSR count). The molecule has 0 bridgehead atoms. The van der Waals surface area contributed by atoms with Crippen molar-refractivity contribution in [2.24, 2.45) is 4.99 Å². The minimum atomic E-state index is -0.252. The summed E-state index contributed by atoms with van der Waals surface area (Å²) in [4.78, 5) is 17.8. The van der Waals surface area contributed by atoms with Crippen molar-refractivity contribution < 1.29 is 9.18 Å². The van der Waals surface area contributed by atoms with Crippen LogP contribution >= 0.6 is 23.4 Å².